The first-order chi connectivity index (χ1) is 12.6. The van der Waals surface area contributed by atoms with Crippen molar-refractivity contribution in [3.63, 3.8) is 0 Å². The molecule has 0 fully saturated rings. The normalized spacial score (nSPS) is 10.5. The number of furan rings is 1. The van der Waals surface area contributed by atoms with Gasteiger partial charge in [-0.3, -0.25) is 14.9 Å². The monoisotopic (exact) mass is 390 g/mol. The second-order valence-electron chi connectivity index (χ2n) is 5.22. The van der Waals surface area contributed by atoms with E-state index < -0.39 is 5.91 Å². The summed E-state index contributed by atoms with van der Waals surface area (Å²) in [6, 6.07) is 10.5. The van der Waals surface area contributed by atoms with Crippen LogP contribution in [-0.4, -0.2) is 23.5 Å². The van der Waals surface area contributed by atoms with E-state index in [9.17, 15) is 9.59 Å². The minimum absolute atomic E-state index is 0.0671. The maximum Gasteiger partial charge on any atom is 0.311 e. The summed E-state index contributed by atoms with van der Waals surface area (Å²) in [6.45, 7) is 2.06. The van der Waals surface area contributed by atoms with E-state index in [0.29, 0.717) is 33.8 Å². The minimum Gasteiger partial charge on any atom is -0.466 e. The molecule has 0 unspecified atom stereocenters. The number of carbonyl (C=O) groups is 2. The van der Waals surface area contributed by atoms with Gasteiger partial charge in [-0.1, -0.05) is 23.7 Å². The van der Waals surface area contributed by atoms with Gasteiger partial charge in [0.05, 0.1) is 23.7 Å². The Morgan fingerprint density at radius 1 is 1.27 bits per heavy atom. The number of hydrogen-bond acceptors (Lipinski definition) is 6. The van der Waals surface area contributed by atoms with Gasteiger partial charge in [0.1, 0.15) is 5.76 Å². The quantitative estimate of drug-likeness (QED) is 0.630. The van der Waals surface area contributed by atoms with Crippen LogP contribution in [0.1, 0.15) is 23.2 Å². The summed E-state index contributed by atoms with van der Waals surface area (Å²) in [4.78, 5) is 28.0. The minimum atomic E-state index is -0.430. The fourth-order valence-electron chi connectivity index (χ4n) is 2.23. The third kappa shape index (κ3) is 4.30. The van der Waals surface area contributed by atoms with E-state index in [1.807, 2.05) is 18.2 Å². The third-order valence-electron chi connectivity index (χ3n) is 3.37. The van der Waals surface area contributed by atoms with Crippen LogP contribution in [0, 0.1) is 0 Å². The number of nitrogens with zero attached hydrogens (tertiary/aromatic N) is 1. The van der Waals surface area contributed by atoms with E-state index in [1.165, 1.54) is 11.3 Å². The van der Waals surface area contributed by atoms with Gasteiger partial charge in [0.15, 0.2) is 10.9 Å². The van der Waals surface area contributed by atoms with E-state index in [4.69, 9.17) is 20.8 Å². The Balaban J connectivity index is 1.67. The molecule has 8 heteroatoms. The number of ether oxygens (including phenoxy) is 1. The van der Waals surface area contributed by atoms with Gasteiger partial charge in [0.25, 0.3) is 5.91 Å². The lowest BCUT2D eigenvalue weighted by molar-refractivity contribution is -0.142. The van der Waals surface area contributed by atoms with Crippen molar-refractivity contribution in [1.82, 2.24) is 4.98 Å². The van der Waals surface area contributed by atoms with Crippen molar-refractivity contribution in [3.05, 3.63) is 58.3 Å². The Kier molecular flexibility index (Phi) is 5.70. The summed E-state index contributed by atoms with van der Waals surface area (Å²) >= 11 is 7.36. The fraction of sp³-hybridized carbons (Fsp3) is 0.167. The molecular formula is C18H15ClN2O4S. The summed E-state index contributed by atoms with van der Waals surface area (Å²) in [5.74, 6) is -0.142. The van der Waals surface area contributed by atoms with Crippen molar-refractivity contribution in [2.24, 2.45) is 0 Å². The molecule has 0 aliphatic rings. The molecule has 1 aromatic carbocycles. The second-order valence-corrected chi connectivity index (χ2v) is 6.49. The van der Waals surface area contributed by atoms with Gasteiger partial charge in [0, 0.05) is 10.9 Å². The number of rotatable bonds is 6. The number of nitrogens with one attached hydrogen (secondary N) is 1. The number of esters is 1. The first-order valence-electron chi connectivity index (χ1n) is 7.83. The summed E-state index contributed by atoms with van der Waals surface area (Å²) in [6.07, 6.45) is 0.0671. The molecule has 6 nitrogen and oxygen atoms in total. The van der Waals surface area contributed by atoms with E-state index in [1.54, 1.807) is 30.5 Å². The Bertz CT molecular complexity index is 935. The average Bonchev–Trinajstić information content (AvgIpc) is 3.25. The van der Waals surface area contributed by atoms with Crippen LogP contribution in [0.15, 0.2) is 46.2 Å². The van der Waals surface area contributed by atoms with Gasteiger partial charge in [-0.2, -0.15) is 0 Å². The zero-order valence-corrected chi connectivity index (χ0v) is 15.4. The van der Waals surface area contributed by atoms with Gasteiger partial charge >= 0.3 is 5.97 Å². The van der Waals surface area contributed by atoms with Crippen molar-refractivity contribution >= 4 is 39.9 Å². The molecular weight excluding hydrogens is 376 g/mol. The van der Waals surface area contributed by atoms with Crippen molar-refractivity contribution in [1.29, 1.82) is 0 Å². The molecule has 3 rings (SSSR count). The van der Waals surface area contributed by atoms with Crippen LogP contribution in [0.5, 0.6) is 0 Å². The molecule has 26 heavy (non-hydrogen) atoms. The molecule has 0 spiro atoms. The van der Waals surface area contributed by atoms with E-state index in [0.717, 1.165) is 0 Å². The van der Waals surface area contributed by atoms with E-state index in [-0.39, 0.29) is 18.2 Å². The number of anilines is 1. The first-order valence-corrected chi connectivity index (χ1v) is 9.08. The van der Waals surface area contributed by atoms with Crippen LogP contribution < -0.4 is 5.32 Å². The highest BCUT2D eigenvalue weighted by Crippen LogP contribution is 2.29. The van der Waals surface area contributed by atoms with Gasteiger partial charge < -0.3 is 9.15 Å². The zero-order valence-electron chi connectivity index (χ0n) is 13.8. The SMILES string of the molecule is CCOC(=O)Cc1csc(NC(=O)c2ccc(-c3ccccc3Cl)o2)n1. The molecule has 0 aliphatic carbocycles. The molecule has 0 radical (unpaired) electrons. The number of halogens is 1. The Labute approximate surface area is 158 Å². The van der Waals surface area contributed by atoms with Crippen molar-refractivity contribution in [2.75, 3.05) is 11.9 Å². The summed E-state index contributed by atoms with van der Waals surface area (Å²) in [5.41, 5.74) is 1.25. The molecule has 0 bridgehead atoms. The topological polar surface area (TPSA) is 81.4 Å². The van der Waals surface area contributed by atoms with Crippen LogP contribution >= 0.6 is 22.9 Å². The van der Waals surface area contributed by atoms with Crippen LogP contribution in [-0.2, 0) is 16.0 Å². The summed E-state index contributed by atoms with van der Waals surface area (Å²) in [7, 11) is 0. The second kappa shape index (κ2) is 8.16. The van der Waals surface area contributed by atoms with Crippen LogP contribution in [0.3, 0.4) is 0 Å². The van der Waals surface area contributed by atoms with Crippen molar-refractivity contribution < 1.29 is 18.7 Å². The number of aromatic nitrogens is 1. The van der Waals surface area contributed by atoms with E-state index >= 15 is 0 Å². The van der Waals surface area contributed by atoms with Crippen LogP contribution in [0.4, 0.5) is 5.13 Å². The molecule has 134 valence electrons. The zero-order chi connectivity index (χ0) is 18.5. The van der Waals surface area contributed by atoms with E-state index in [2.05, 4.69) is 10.3 Å². The standard InChI is InChI=1S/C18H15ClN2O4S/c1-2-24-16(22)9-11-10-26-18(20-11)21-17(23)15-8-7-14(25-15)12-5-3-4-6-13(12)19/h3-8,10H,2,9H2,1H3,(H,20,21,23). The molecule has 0 saturated carbocycles. The molecule has 2 heterocycles. The fourth-order valence-corrected chi connectivity index (χ4v) is 3.16. The molecule has 3 aromatic rings. The predicted molar refractivity (Wildman–Crippen MR) is 99.6 cm³/mol. The van der Waals surface area contributed by atoms with Gasteiger partial charge in [0.2, 0.25) is 0 Å². The van der Waals surface area contributed by atoms with Crippen LogP contribution in [0.25, 0.3) is 11.3 Å². The summed E-state index contributed by atoms with van der Waals surface area (Å²) in [5, 5.41) is 5.27. The van der Waals surface area contributed by atoms with Crippen molar-refractivity contribution in [2.45, 2.75) is 13.3 Å². The number of amides is 1. The lowest BCUT2D eigenvalue weighted by atomic mass is 10.2. The third-order valence-corrected chi connectivity index (χ3v) is 4.51. The Hall–Kier alpha value is -2.64. The number of benzene rings is 1. The molecule has 0 atom stereocenters. The number of hydrogen-bond donors (Lipinski definition) is 1. The molecule has 0 aliphatic heterocycles. The maximum absolute atomic E-state index is 12.3. The number of carbonyl (C=O) groups excluding carboxylic acids is 2. The van der Waals surface area contributed by atoms with Crippen LogP contribution in [0.2, 0.25) is 5.02 Å². The highest BCUT2D eigenvalue weighted by atomic mass is 35.5. The Morgan fingerprint density at radius 2 is 2.08 bits per heavy atom. The maximum atomic E-state index is 12.3. The highest BCUT2D eigenvalue weighted by Gasteiger charge is 2.16. The molecule has 0 saturated heterocycles. The molecule has 1 amide bonds. The largest absolute Gasteiger partial charge is 0.466 e. The lowest BCUT2D eigenvalue weighted by Gasteiger charge is -2.01. The number of thiazole rings is 1. The van der Waals surface area contributed by atoms with Gasteiger partial charge in [-0.05, 0) is 31.2 Å². The van der Waals surface area contributed by atoms with Gasteiger partial charge in [-0.15, -0.1) is 11.3 Å². The first kappa shape index (κ1) is 18.2. The Morgan fingerprint density at radius 3 is 2.85 bits per heavy atom. The summed E-state index contributed by atoms with van der Waals surface area (Å²) < 4.78 is 10.5. The predicted octanol–water partition coefficient (Wildman–Crippen LogP) is 4.41. The average molecular weight is 391 g/mol. The van der Waals surface area contributed by atoms with Gasteiger partial charge in [-0.25, -0.2) is 4.98 Å². The lowest BCUT2D eigenvalue weighted by Crippen LogP contribution is -2.11. The smallest absolute Gasteiger partial charge is 0.311 e. The molecule has 1 N–H and O–H groups in total. The van der Waals surface area contributed by atoms with Crippen molar-refractivity contribution in [3.8, 4) is 11.3 Å². The highest BCUT2D eigenvalue weighted by molar-refractivity contribution is 7.14. The molecule has 2 aromatic heterocycles.